The molecular formula is C13H19ClN4O. The van der Waals surface area contributed by atoms with Gasteiger partial charge >= 0.3 is 0 Å². The van der Waals surface area contributed by atoms with E-state index < -0.39 is 0 Å². The Balaban J connectivity index is 1.85. The van der Waals surface area contributed by atoms with E-state index in [2.05, 4.69) is 22.1 Å². The molecule has 0 bridgehead atoms. The van der Waals surface area contributed by atoms with Gasteiger partial charge in [-0.05, 0) is 31.5 Å². The molecule has 1 saturated carbocycles. The van der Waals surface area contributed by atoms with E-state index >= 15 is 0 Å². The van der Waals surface area contributed by atoms with Crippen molar-refractivity contribution in [3.05, 3.63) is 22.8 Å². The molecule has 5 nitrogen and oxygen atoms in total. The summed E-state index contributed by atoms with van der Waals surface area (Å²) in [6.07, 6.45) is 2.54. The fraction of sp³-hybridized carbons (Fsp3) is 0.538. The first-order valence-electron chi connectivity index (χ1n) is 6.56. The minimum Gasteiger partial charge on any atom is -0.384 e. The molecule has 104 valence electrons. The number of nitrogens with zero attached hydrogens (tertiary/aromatic N) is 2. The molecule has 0 unspecified atom stereocenters. The molecule has 1 heterocycles. The Kier molecular flexibility index (Phi) is 4.61. The van der Waals surface area contributed by atoms with E-state index in [0.717, 1.165) is 13.1 Å². The lowest BCUT2D eigenvalue weighted by atomic mass is 10.3. The molecule has 0 spiro atoms. The van der Waals surface area contributed by atoms with Gasteiger partial charge in [0.2, 0.25) is 0 Å². The van der Waals surface area contributed by atoms with Crippen LogP contribution in [0.1, 0.15) is 30.3 Å². The number of nitrogens with two attached hydrogens (primary N) is 1. The van der Waals surface area contributed by atoms with Crippen molar-refractivity contribution >= 4 is 23.3 Å². The summed E-state index contributed by atoms with van der Waals surface area (Å²) in [6, 6.07) is 3.86. The SMILES string of the molecule is CCN(CCNC(=O)c1nc(N)ccc1Cl)C1CC1. The third kappa shape index (κ3) is 3.81. The summed E-state index contributed by atoms with van der Waals surface area (Å²) >= 11 is 5.93. The maximum Gasteiger partial charge on any atom is 0.271 e. The van der Waals surface area contributed by atoms with Gasteiger partial charge in [0.1, 0.15) is 11.5 Å². The van der Waals surface area contributed by atoms with Crippen LogP contribution in [-0.2, 0) is 0 Å². The normalized spacial score (nSPS) is 14.7. The van der Waals surface area contributed by atoms with Gasteiger partial charge in [-0.3, -0.25) is 9.69 Å². The van der Waals surface area contributed by atoms with Crippen LogP contribution in [0.15, 0.2) is 12.1 Å². The van der Waals surface area contributed by atoms with Gasteiger partial charge in [0.25, 0.3) is 5.91 Å². The van der Waals surface area contributed by atoms with Crippen LogP contribution < -0.4 is 11.1 Å². The van der Waals surface area contributed by atoms with Gasteiger partial charge < -0.3 is 11.1 Å². The summed E-state index contributed by atoms with van der Waals surface area (Å²) in [5, 5.41) is 3.15. The highest BCUT2D eigenvalue weighted by Gasteiger charge is 2.27. The molecule has 3 N–H and O–H groups in total. The van der Waals surface area contributed by atoms with Gasteiger partial charge in [0, 0.05) is 19.1 Å². The second-order valence-corrected chi connectivity index (χ2v) is 5.09. The number of hydrogen-bond acceptors (Lipinski definition) is 4. The first kappa shape index (κ1) is 14.1. The Labute approximate surface area is 118 Å². The van der Waals surface area contributed by atoms with E-state index in [1.807, 2.05) is 0 Å². The number of pyridine rings is 1. The summed E-state index contributed by atoms with van der Waals surface area (Å²) in [4.78, 5) is 18.3. The molecule has 1 aromatic heterocycles. The van der Waals surface area contributed by atoms with Crippen molar-refractivity contribution in [3.8, 4) is 0 Å². The first-order valence-corrected chi connectivity index (χ1v) is 6.94. The van der Waals surface area contributed by atoms with E-state index in [0.29, 0.717) is 23.4 Å². The van der Waals surface area contributed by atoms with E-state index in [9.17, 15) is 4.79 Å². The Bertz CT molecular complexity index is 462. The first-order chi connectivity index (χ1) is 9.11. The number of amides is 1. The zero-order valence-electron chi connectivity index (χ0n) is 11.0. The van der Waals surface area contributed by atoms with Gasteiger partial charge in [-0.15, -0.1) is 0 Å². The number of nitrogens with one attached hydrogen (secondary N) is 1. The highest BCUT2D eigenvalue weighted by molar-refractivity contribution is 6.33. The van der Waals surface area contributed by atoms with Crippen molar-refractivity contribution in [2.24, 2.45) is 0 Å². The van der Waals surface area contributed by atoms with Crippen LogP contribution in [0.5, 0.6) is 0 Å². The maximum atomic E-state index is 11.9. The van der Waals surface area contributed by atoms with E-state index in [1.54, 1.807) is 12.1 Å². The van der Waals surface area contributed by atoms with Gasteiger partial charge in [0.05, 0.1) is 5.02 Å². The van der Waals surface area contributed by atoms with Gasteiger partial charge in [-0.2, -0.15) is 0 Å². The third-order valence-corrected chi connectivity index (χ3v) is 3.54. The Morgan fingerprint density at radius 2 is 2.32 bits per heavy atom. The number of carbonyl (C=O) groups is 1. The predicted molar refractivity (Wildman–Crippen MR) is 76.3 cm³/mol. The van der Waals surface area contributed by atoms with Crippen molar-refractivity contribution in [2.45, 2.75) is 25.8 Å². The van der Waals surface area contributed by atoms with Gasteiger partial charge in [-0.25, -0.2) is 4.98 Å². The molecule has 0 aliphatic heterocycles. The van der Waals surface area contributed by atoms with Crippen molar-refractivity contribution in [1.29, 1.82) is 0 Å². The van der Waals surface area contributed by atoms with Crippen LogP contribution in [0.2, 0.25) is 5.02 Å². The zero-order valence-corrected chi connectivity index (χ0v) is 11.8. The standard InChI is InChI=1S/C13H19ClN4O/c1-2-18(9-3-4-9)8-7-16-13(19)12-10(14)5-6-11(15)17-12/h5-6,9H,2-4,7-8H2,1H3,(H2,15,17)(H,16,19). The van der Waals surface area contributed by atoms with Crippen LogP contribution in [0.25, 0.3) is 0 Å². The number of nitrogen functional groups attached to an aromatic ring is 1. The molecule has 19 heavy (non-hydrogen) atoms. The monoisotopic (exact) mass is 282 g/mol. The Morgan fingerprint density at radius 1 is 1.58 bits per heavy atom. The lowest BCUT2D eigenvalue weighted by molar-refractivity contribution is 0.0943. The summed E-state index contributed by atoms with van der Waals surface area (Å²) in [5.41, 5.74) is 5.74. The zero-order chi connectivity index (χ0) is 13.8. The number of aromatic nitrogens is 1. The van der Waals surface area contributed by atoms with Crippen LogP contribution in [-0.4, -0.2) is 41.5 Å². The van der Waals surface area contributed by atoms with E-state index in [4.69, 9.17) is 17.3 Å². The number of rotatable bonds is 6. The van der Waals surface area contributed by atoms with E-state index in [1.165, 1.54) is 12.8 Å². The minimum atomic E-state index is -0.274. The lowest BCUT2D eigenvalue weighted by Crippen LogP contribution is -2.36. The smallest absolute Gasteiger partial charge is 0.271 e. The molecule has 2 rings (SSSR count). The van der Waals surface area contributed by atoms with Crippen molar-refractivity contribution in [3.63, 3.8) is 0 Å². The molecular weight excluding hydrogens is 264 g/mol. The Morgan fingerprint density at radius 3 is 2.95 bits per heavy atom. The summed E-state index contributed by atoms with van der Waals surface area (Å²) in [6.45, 7) is 4.59. The minimum absolute atomic E-state index is 0.191. The number of carbonyl (C=O) groups excluding carboxylic acids is 1. The molecule has 1 fully saturated rings. The van der Waals surface area contributed by atoms with Crippen LogP contribution in [0, 0.1) is 0 Å². The molecule has 0 radical (unpaired) electrons. The molecule has 0 aromatic carbocycles. The quantitative estimate of drug-likeness (QED) is 0.830. The fourth-order valence-electron chi connectivity index (χ4n) is 2.05. The van der Waals surface area contributed by atoms with E-state index in [-0.39, 0.29) is 11.6 Å². The maximum absolute atomic E-state index is 11.9. The molecule has 0 saturated heterocycles. The van der Waals surface area contributed by atoms with Crippen molar-refractivity contribution < 1.29 is 4.79 Å². The van der Waals surface area contributed by atoms with Crippen LogP contribution in [0.3, 0.4) is 0 Å². The fourth-order valence-corrected chi connectivity index (χ4v) is 2.24. The van der Waals surface area contributed by atoms with Gasteiger partial charge in [-0.1, -0.05) is 18.5 Å². The number of anilines is 1. The largest absolute Gasteiger partial charge is 0.384 e. The topological polar surface area (TPSA) is 71.2 Å². The predicted octanol–water partition coefficient (Wildman–Crippen LogP) is 1.53. The summed E-state index contributed by atoms with van der Waals surface area (Å²) in [7, 11) is 0. The second kappa shape index (κ2) is 6.21. The highest BCUT2D eigenvalue weighted by atomic mass is 35.5. The summed E-state index contributed by atoms with van der Waals surface area (Å²) in [5.74, 6) is 0.0202. The molecule has 1 aliphatic rings. The van der Waals surface area contributed by atoms with Gasteiger partial charge in [0.15, 0.2) is 0 Å². The third-order valence-electron chi connectivity index (χ3n) is 3.24. The van der Waals surface area contributed by atoms with Crippen LogP contribution >= 0.6 is 11.6 Å². The van der Waals surface area contributed by atoms with Crippen molar-refractivity contribution in [2.75, 3.05) is 25.4 Å². The number of likely N-dealkylation sites (N-methyl/N-ethyl adjacent to an activating group) is 1. The average molecular weight is 283 g/mol. The molecule has 1 aliphatic carbocycles. The molecule has 1 amide bonds. The van der Waals surface area contributed by atoms with Crippen molar-refractivity contribution in [1.82, 2.24) is 15.2 Å². The average Bonchev–Trinajstić information content (AvgIpc) is 3.21. The second-order valence-electron chi connectivity index (χ2n) is 4.68. The molecule has 6 heteroatoms. The van der Waals surface area contributed by atoms with Crippen LogP contribution in [0.4, 0.5) is 5.82 Å². The molecule has 0 atom stereocenters. The lowest BCUT2D eigenvalue weighted by Gasteiger charge is -2.19. The summed E-state index contributed by atoms with van der Waals surface area (Å²) < 4.78 is 0. The molecule has 1 aromatic rings. The number of hydrogen-bond donors (Lipinski definition) is 2. The number of halogens is 1. The highest BCUT2D eigenvalue weighted by Crippen LogP contribution is 2.25. The Hall–Kier alpha value is -1.33.